The van der Waals surface area contributed by atoms with E-state index in [2.05, 4.69) is 41.5 Å². The summed E-state index contributed by atoms with van der Waals surface area (Å²) in [4.78, 5) is 0. The van der Waals surface area contributed by atoms with Crippen molar-refractivity contribution in [2.24, 2.45) is 17.3 Å². The Kier molecular flexibility index (Phi) is 4.89. The highest BCUT2D eigenvalue weighted by molar-refractivity contribution is 4.79. The lowest BCUT2D eigenvalue weighted by Gasteiger charge is -2.34. The van der Waals surface area contributed by atoms with Crippen LogP contribution in [-0.4, -0.2) is 0 Å². The molecule has 0 fully saturated rings. The molecule has 0 aromatic carbocycles. The van der Waals surface area contributed by atoms with Gasteiger partial charge in [0.2, 0.25) is 0 Å². The average Bonchev–Trinajstić information content (AvgIpc) is 1.85. The van der Waals surface area contributed by atoms with Gasteiger partial charge in [-0.3, -0.25) is 0 Å². The third-order valence-electron chi connectivity index (χ3n) is 2.97. The van der Waals surface area contributed by atoms with Crippen LogP contribution in [0, 0.1) is 24.2 Å². The lowest BCUT2D eigenvalue weighted by Crippen LogP contribution is -2.24. The first-order chi connectivity index (χ1) is 5.44. The fourth-order valence-corrected chi connectivity index (χ4v) is 2.46. The van der Waals surface area contributed by atoms with Crippen LogP contribution in [-0.2, 0) is 0 Å². The molecule has 73 valence electrons. The lowest BCUT2D eigenvalue weighted by molar-refractivity contribution is 0.166. The maximum absolute atomic E-state index is 4.07. The second kappa shape index (κ2) is 4.89. The zero-order valence-corrected chi connectivity index (χ0v) is 9.48. The van der Waals surface area contributed by atoms with Crippen LogP contribution in [0.3, 0.4) is 0 Å². The van der Waals surface area contributed by atoms with Gasteiger partial charge in [0, 0.05) is 0 Å². The molecule has 0 aliphatic rings. The molecule has 0 heteroatoms. The van der Waals surface area contributed by atoms with Crippen molar-refractivity contribution in [1.82, 2.24) is 0 Å². The van der Waals surface area contributed by atoms with Crippen molar-refractivity contribution in [2.45, 2.75) is 53.9 Å². The number of hydrogen-bond donors (Lipinski definition) is 0. The molecule has 0 bridgehead atoms. The molecule has 0 aliphatic carbocycles. The van der Waals surface area contributed by atoms with E-state index in [9.17, 15) is 0 Å². The molecule has 0 N–H and O–H groups in total. The van der Waals surface area contributed by atoms with Crippen molar-refractivity contribution in [1.29, 1.82) is 0 Å². The second-order valence-corrected chi connectivity index (χ2v) is 4.81. The molecule has 0 rings (SSSR count). The molecular weight excluding hydrogens is 144 g/mol. The molecule has 0 aromatic rings. The minimum Gasteiger partial charge on any atom is -0.0651 e. The monoisotopic (exact) mass is 169 g/mol. The van der Waals surface area contributed by atoms with Gasteiger partial charge in [-0.05, 0) is 23.7 Å². The molecule has 1 radical (unpaired) electrons. The maximum Gasteiger partial charge on any atom is -0.0324 e. The predicted octanol–water partition coefficient (Wildman–Crippen LogP) is 4.31. The number of rotatable bonds is 5. The lowest BCUT2D eigenvalue weighted by atomic mass is 9.71. The molecule has 0 saturated carbocycles. The van der Waals surface area contributed by atoms with Gasteiger partial charge in [-0.2, -0.15) is 0 Å². The van der Waals surface area contributed by atoms with Gasteiger partial charge in [0.05, 0.1) is 0 Å². The Bertz CT molecular complexity index is 107. The van der Waals surface area contributed by atoms with Gasteiger partial charge in [0.25, 0.3) is 0 Å². The first-order valence-corrected chi connectivity index (χ1v) is 5.27. The van der Waals surface area contributed by atoms with Crippen molar-refractivity contribution < 1.29 is 0 Å². The Balaban J connectivity index is 4.14. The van der Waals surface area contributed by atoms with Crippen LogP contribution in [0.5, 0.6) is 0 Å². The van der Waals surface area contributed by atoms with E-state index in [1.54, 1.807) is 0 Å². The van der Waals surface area contributed by atoms with Crippen LogP contribution in [0.15, 0.2) is 0 Å². The van der Waals surface area contributed by atoms with E-state index < -0.39 is 0 Å². The van der Waals surface area contributed by atoms with Gasteiger partial charge in [-0.1, -0.05) is 54.4 Å². The summed E-state index contributed by atoms with van der Waals surface area (Å²) in [5.41, 5.74) is 0.477. The van der Waals surface area contributed by atoms with Crippen LogP contribution in [0.25, 0.3) is 0 Å². The predicted molar refractivity (Wildman–Crippen MR) is 57.0 cm³/mol. The van der Waals surface area contributed by atoms with E-state index in [0.29, 0.717) is 11.3 Å². The third kappa shape index (κ3) is 3.60. The molecular formula is C12H25. The minimum atomic E-state index is 0.477. The SMILES string of the molecule is [CH2]C(C)CC(C)(C)C(CC)CC. The largest absolute Gasteiger partial charge is 0.0651 e. The Morgan fingerprint density at radius 1 is 1.17 bits per heavy atom. The highest BCUT2D eigenvalue weighted by Crippen LogP contribution is 2.37. The molecule has 0 heterocycles. The van der Waals surface area contributed by atoms with E-state index in [4.69, 9.17) is 0 Å². The highest BCUT2D eigenvalue weighted by Gasteiger charge is 2.27. The highest BCUT2D eigenvalue weighted by atomic mass is 14.3. The van der Waals surface area contributed by atoms with E-state index in [-0.39, 0.29) is 0 Å². The molecule has 0 aromatic heterocycles. The van der Waals surface area contributed by atoms with Gasteiger partial charge in [0.1, 0.15) is 0 Å². The first kappa shape index (κ1) is 12.0. The topological polar surface area (TPSA) is 0 Å². The summed E-state index contributed by atoms with van der Waals surface area (Å²) in [5, 5.41) is 0. The zero-order valence-electron chi connectivity index (χ0n) is 9.48. The normalized spacial score (nSPS) is 13.0. The van der Waals surface area contributed by atoms with E-state index >= 15 is 0 Å². The third-order valence-corrected chi connectivity index (χ3v) is 2.97. The summed E-state index contributed by atoms with van der Waals surface area (Å²) >= 11 is 0. The van der Waals surface area contributed by atoms with Crippen LogP contribution in [0.4, 0.5) is 0 Å². The van der Waals surface area contributed by atoms with Gasteiger partial charge in [-0.25, -0.2) is 0 Å². The molecule has 0 aliphatic heterocycles. The smallest absolute Gasteiger partial charge is 0.0324 e. The Hall–Kier alpha value is 0. The van der Waals surface area contributed by atoms with E-state index in [0.717, 1.165) is 5.92 Å². The Labute approximate surface area is 78.8 Å². The number of hydrogen-bond acceptors (Lipinski definition) is 0. The summed E-state index contributed by atoms with van der Waals surface area (Å²) in [6.07, 6.45) is 3.85. The van der Waals surface area contributed by atoms with Crippen LogP contribution >= 0.6 is 0 Å². The average molecular weight is 169 g/mol. The van der Waals surface area contributed by atoms with Crippen LogP contribution in [0.1, 0.15) is 53.9 Å². The summed E-state index contributed by atoms with van der Waals surface area (Å²) in [7, 11) is 0. The summed E-state index contributed by atoms with van der Waals surface area (Å²) in [6, 6.07) is 0. The molecule has 12 heavy (non-hydrogen) atoms. The fourth-order valence-electron chi connectivity index (χ4n) is 2.46. The van der Waals surface area contributed by atoms with Gasteiger partial charge < -0.3 is 0 Å². The van der Waals surface area contributed by atoms with Crippen molar-refractivity contribution in [3.63, 3.8) is 0 Å². The summed E-state index contributed by atoms with van der Waals surface area (Å²) in [6.45, 7) is 15.6. The van der Waals surface area contributed by atoms with Crippen LogP contribution < -0.4 is 0 Å². The molecule has 1 unspecified atom stereocenters. The summed E-state index contributed by atoms with van der Waals surface area (Å²) < 4.78 is 0. The quantitative estimate of drug-likeness (QED) is 0.575. The molecule has 0 nitrogen and oxygen atoms in total. The van der Waals surface area contributed by atoms with Gasteiger partial charge in [-0.15, -0.1) is 0 Å². The fraction of sp³-hybridized carbons (Fsp3) is 0.917. The van der Waals surface area contributed by atoms with Crippen molar-refractivity contribution >= 4 is 0 Å². The molecule has 0 spiro atoms. The van der Waals surface area contributed by atoms with Crippen molar-refractivity contribution in [3.05, 3.63) is 6.92 Å². The Morgan fingerprint density at radius 2 is 1.58 bits per heavy atom. The van der Waals surface area contributed by atoms with E-state index in [1.165, 1.54) is 19.3 Å². The minimum absolute atomic E-state index is 0.477. The second-order valence-electron chi connectivity index (χ2n) is 4.81. The van der Waals surface area contributed by atoms with Crippen LogP contribution in [0.2, 0.25) is 0 Å². The van der Waals surface area contributed by atoms with Crippen molar-refractivity contribution in [3.8, 4) is 0 Å². The summed E-state index contributed by atoms with van der Waals surface area (Å²) in [5.74, 6) is 1.45. The zero-order chi connectivity index (χ0) is 9.78. The molecule has 0 amide bonds. The maximum atomic E-state index is 4.07. The van der Waals surface area contributed by atoms with Gasteiger partial charge in [0.15, 0.2) is 0 Å². The molecule has 0 saturated heterocycles. The van der Waals surface area contributed by atoms with Gasteiger partial charge >= 0.3 is 0 Å². The Morgan fingerprint density at radius 3 is 1.83 bits per heavy atom. The van der Waals surface area contributed by atoms with Crippen molar-refractivity contribution in [2.75, 3.05) is 0 Å². The van der Waals surface area contributed by atoms with E-state index in [1.807, 2.05) is 0 Å². The standard InChI is InChI=1S/C12H25/c1-7-11(8-2)12(5,6)9-10(3)4/h10-11H,3,7-9H2,1-2,4-6H3. The first-order valence-electron chi connectivity index (χ1n) is 5.27. The molecule has 1 atom stereocenters.